The molecule has 0 spiro atoms. The van der Waals surface area contributed by atoms with E-state index in [1.54, 1.807) is 0 Å². The van der Waals surface area contributed by atoms with Crippen LogP contribution in [-0.2, 0) is 11.2 Å². The van der Waals surface area contributed by atoms with Crippen LogP contribution in [0.25, 0.3) is 0 Å². The van der Waals surface area contributed by atoms with Gasteiger partial charge >= 0.3 is 0 Å². The summed E-state index contributed by atoms with van der Waals surface area (Å²) in [6, 6.07) is 0. The normalized spacial score (nSPS) is 45.0. The highest BCUT2D eigenvalue weighted by molar-refractivity contribution is 7.93. The molecule has 0 radical (unpaired) electrons. The Morgan fingerprint density at radius 2 is 2.33 bits per heavy atom. The van der Waals surface area contributed by atoms with Crippen molar-refractivity contribution in [3.63, 3.8) is 0 Å². The maximum Gasteiger partial charge on any atom is 0.169 e. The molecule has 0 saturated carbocycles. The van der Waals surface area contributed by atoms with Gasteiger partial charge in [0, 0.05) is 0 Å². The molecule has 2 nitrogen and oxygen atoms in total. The standard InChI is InChI=1S/C3H7NOS/c4-3-1-2-6(3)5/h3H,1-2,4H2/t3-,6-/m0/s1. The van der Waals surface area contributed by atoms with Gasteiger partial charge in [-0.3, -0.25) is 5.73 Å². The van der Waals surface area contributed by atoms with Gasteiger partial charge in [0.2, 0.25) is 0 Å². The lowest BCUT2D eigenvalue weighted by molar-refractivity contribution is 0.550. The first-order chi connectivity index (χ1) is 2.80. The third-order valence-electron chi connectivity index (χ3n) is 0.941. The first-order valence-electron chi connectivity index (χ1n) is 1.93. The van der Waals surface area contributed by atoms with E-state index in [0.29, 0.717) is 0 Å². The fourth-order valence-corrected chi connectivity index (χ4v) is 1.05. The quantitative estimate of drug-likeness (QED) is 0.419. The van der Waals surface area contributed by atoms with Crippen LogP contribution < -0.4 is 5.73 Å². The summed E-state index contributed by atoms with van der Waals surface area (Å²) in [7, 11) is 0. The number of hydrogen-bond donors (Lipinski definition) is 1. The maximum atomic E-state index is 10.2. The molecule has 2 atom stereocenters. The summed E-state index contributed by atoms with van der Waals surface area (Å²) < 4.78 is 10.2. The first kappa shape index (κ1) is 4.43. The third kappa shape index (κ3) is 0.531. The second-order valence-corrected chi connectivity index (χ2v) is 3.19. The van der Waals surface area contributed by atoms with Gasteiger partial charge in [0.15, 0.2) is 5.37 Å². The Morgan fingerprint density at radius 3 is 2.33 bits per heavy atom. The Morgan fingerprint density at radius 1 is 1.83 bits per heavy atom. The van der Waals surface area contributed by atoms with Gasteiger partial charge in [-0.2, -0.15) is 0 Å². The van der Waals surface area contributed by atoms with Crippen molar-refractivity contribution in [2.24, 2.45) is 5.73 Å². The number of rotatable bonds is 0. The van der Waals surface area contributed by atoms with E-state index >= 15 is 0 Å². The lowest BCUT2D eigenvalue weighted by Crippen LogP contribution is -2.43. The predicted octanol–water partition coefficient (Wildman–Crippen LogP) is -0.576. The summed E-state index contributed by atoms with van der Waals surface area (Å²) in [6.07, 6.45) is 0.951. The van der Waals surface area contributed by atoms with Gasteiger partial charge in [-0.15, -0.1) is 0 Å². The van der Waals surface area contributed by atoms with E-state index in [-0.39, 0.29) is 5.37 Å². The Balaban J connectivity index is 2.20. The molecule has 2 N–H and O–H groups in total. The van der Waals surface area contributed by atoms with Crippen molar-refractivity contribution in [1.82, 2.24) is 0 Å². The Labute approximate surface area is 39.9 Å². The zero-order valence-electron chi connectivity index (χ0n) is 3.39. The predicted molar refractivity (Wildman–Crippen MR) is 25.6 cm³/mol. The molecule has 1 heterocycles. The summed E-state index contributed by atoms with van der Waals surface area (Å²) in [4.78, 5) is 0. The Hall–Kier alpha value is 0.270. The van der Waals surface area contributed by atoms with Crippen LogP contribution in [0.4, 0.5) is 0 Å². The van der Waals surface area contributed by atoms with Gasteiger partial charge in [-0.1, -0.05) is 0 Å². The summed E-state index contributed by atoms with van der Waals surface area (Å²) in [6.45, 7) is 0. The molecule has 6 heavy (non-hydrogen) atoms. The van der Waals surface area contributed by atoms with Crippen molar-refractivity contribution in [2.45, 2.75) is 11.8 Å². The Kier molecular flexibility index (Phi) is 1.04. The van der Waals surface area contributed by atoms with Gasteiger partial charge < -0.3 is 4.55 Å². The molecule has 1 saturated heterocycles. The van der Waals surface area contributed by atoms with Crippen molar-refractivity contribution < 1.29 is 4.55 Å². The lowest BCUT2D eigenvalue weighted by Gasteiger charge is -2.25. The van der Waals surface area contributed by atoms with E-state index in [4.69, 9.17) is 5.73 Å². The first-order valence-corrected chi connectivity index (χ1v) is 3.31. The molecular formula is C3H7NOS. The summed E-state index contributed by atoms with van der Waals surface area (Å²) in [5, 5.41) is 0.00463. The highest BCUT2D eigenvalue weighted by Crippen LogP contribution is 2.13. The second-order valence-electron chi connectivity index (χ2n) is 1.41. The minimum Gasteiger partial charge on any atom is -0.615 e. The molecule has 0 unspecified atom stereocenters. The van der Waals surface area contributed by atoms with Crippen LogP contribution in [0.5, 0.6) is 0 Å². The third-order valence-corrected chi connectivity index (χ3v) is 2.49. The fourth-order valence-electron chi connectivity index (χ4n) is 0.350. The highest BCUT2D eigenvalue weighted by Gasteiger charge is 2.28. The second kappa shape index (κ2) is 1.40. The zero-order chi connectivity index (χ0) is 4.57. The number of nitrogens with two attached hydrogens (primary N) is 1. The molecular weight excluding hydrogens is 98.1 g/mol. The summed E-state index contributed by atoms with van der Waals surface area (Å²) in [5.41, 5.74) is 5.22. The van der Waals surface area contributed by atoms with Crippen LogP contribution in [0.1, 0.15) is 6.42 Å². The van der Waals surface area contributed by atoms with Crippen molar-refractivity contribution in [3.05, 3.63) is 0 Å². The minimum absolute atomic E-state index is 0.00463. The van der Waals surface area contributed by atoms with E-state index < -0.39 is 11.2 Å². The van der Waals surface area contributed by atoms with E-state index in [2.05, 4.69) is 0 Å². The molecule has 0 bridgehead atoms. The lowest BCUT2D eigenvalue weighted by atomic mass is 10.5. The average Bonchev–Trinajstić information content (AvgIpc) is 1.61. The molecule has 0 aromatic heterocycles. The van der Waals surface area contributed by atoms with Crippen molar-refractivity contribution in [2.75, 3.05) is 5.75 Å². The maximum absolute atomic E-state index is 10.2. The van der Waals surface area contributed by atoms with Crippen molar-refractivity contribution in [1.29, 1.82) is 0 Å². The van der Waals surface area contributed by atoms with Crippen LogP contribution in [-0.4, -0.2) is 15.7 Å². The monoisotopic (exact) mass is 105 g/mol. The van der Waals surface area contributed by atoms with Crippen LogP contribution in [0.15, 0.2) is 0 Å². The number of hydrogen-bond acceptors (Lipinski definition) is 2. The summed E-state index contributed by atoms with van der Waals surface area (Å²) in [5.74, 6) is 0.821. The van der Waals surface area contributed by atoms with Gasteiger partial charge in [-0.25, -0.2) is 0 Å². The van der Waals surface area contributed by atoms with E-state index in [9.17, 15) is 4.55 Å². The molecule has 0 amide bonds. The Bertz CT molecular complexity index is 50.8. The van der Waals surface area contributed by atoms with Gasteiger partial charge in [0.1, 0.15) is 5.75 Å². The van der Waals surface area contributed by atoms with E-state index in [0.717, 1.165) is 12.2 Å². The highest BCUT2D eigenvalue weighted by atomic mass is 32.2. The zero-order valence-corrected chi connectivity index (χ0v) is 4.20. The van der Waals surface area contributed by atoms with Crippen LogP contribution in [0, 0.1) is 0 Å². The average molecular weight is 105 g/mol. The molecule has 36 valence electrons. The molecule has 1 fully saturated rings. The van der Waals surface area contributed by atoms with Crippen LogP contribution in [0.2, 0.25) is 0 Å². The molecule has 0 aromatic carbocycles. The van der Waals surface area contributed by atoms with Gasteiger partial charge in [0.25, 0.3) is 0 Å². The van der Waals surface area contributed by atoms with Crippen molar-refractivity contribution >= 4 is 11.2 Å². The summed E-state index contributed by atoms with van der Waals surface area (Å²) >= 11 is -0.659. The molecule has 3 heteroatoms. The SMILES string of the molecule is N[C@@H]1CC[S@+]1[O-]. The fraction of sp³-hybridized carbons (Fsp3) is 1.00. The topological polar surface area (TPSA) is 49.1 Å². The smallest absolute Gasteiger partial charge is 0.169 e. The van der Waals surface area contributed by atoms with Crippen LogP contribution >= 0.6 is 0 Å². The molecule has 1 aliphatic rings. The minimum atomic E-state index is -0.659. The van der Waals surface area contributed by atoms with Crippen molar-refractivity contribution in [3.8, 4) is 0 Å². The van der Waals surface area contributed by atoms with Gasteiger partial charge in [0.05, 0.1) is 6.42 Å². The molecule has 1 rings (SSSR count). The van der Waals surface area contributed by atoms with Gasteiger partial charge in [-0.05, 0) is 11.2 Å². The van der Waals surface area contributed by atoms with E-state index in [1.807, 2.05) is 0 Å². The molecule has 1 aliphatic heterocycles. The largest absolute Gasteiger partial charge is 0.615 e. The molecule has 0 aromatic rings. The van der Waals surface area contributed by atoms with E-state index in [1.165, 1.54) is 0 Å². The van der Waals surface area contributed by atoms with Crippen LogP contribution in [0.3, 0.4) is 0 Å². The molecule has 0 aliphatic carbocycles.